The molecule has 0 unspecified atom stereocenters. The third-order valence-electron chi connectivity index (χ3n) is 5.45. The van der Waals surface area contributed by atoms with E-state index in [4.69, 9.17) is 9.84 Å². The van der Waals surface area contributed by atoms with Crippen molar-refractivity contribution >= 4 is 28.1 Å². The zero-order valence-corrected chi connectivity index (χ0v) is 17.8. The molecule has 0 fully saturated rings. The number of pyridine rings is 1. The van der Waals surface area contributed by atoms with Crippen LogP contribution < -0.4 is 19.7 Å². The number of hydrogen-bond donors (Lipinski definition) is 2. The summed E-state index contributed by atoms with van der Waals surface area (Å²) in [7, 11) is 1.60. The summed E-state index contributed by atoms with van der Waals surface area (Å²) in [6, 6.07) is 10.3. The molecule has 9 heteroatoms. The Hall–Kier alpha value is -3.20. The second-order valence-corrected chi connectivity index (χ2v) is 7.55. The van der Waals surface area contributed by atoms with E-state index in [9.17, 15) is 13.2 Å². The smallest absolute Gasteiger partial charge is 0.497 e. The highest BCUT2D eigenvalue weighted by molar-refractivity contribution is 6.02. The van der Waals surface area contributed by atoms with E-state index in [1.807, 2.05) is 25.1 Å². The molecular weight excluding hydrogens is 423 g/mol. The quantitative estimate of drug-likeness (QED) is 0.500. The van der Waals surface area contributed by atoms with Crippen molar-refractivity contribution in [1.82, 2.24) is 4.98 Å². The number of nitrogens with one attached hydrogen (secondary N) is 1. The fourth-order valence-electron chi connectivity index (χ4n) is 4.10. The van der Waals surface area contributed by atoms with E-state index in [0.29, 0.717) is 37.1 Å². The third kappa shape index (κ3) is 4.25. The predicted molar refractivity (Wildman–Crippen MR) is 117 cm³/mol. The number of aromatic nitrogens is 1. The Bertz CT molecular complexity index is 1130. The van der Waals surface area contributed by atoms with Gasteiger partial charge in [0.2, 0.25) is 0 Å². The maximum Gasteiger partial charge on any atom is 0.573 e. The summed E-state index contributed by atoms with van der Waals surface area (Å²) in [6.07, 6.45) is -3.65. The summed E-state index contributed by atoms with van der Waals surface area (Å²) >= 11 is 0. The number of fused-ring (bicyclic) bond motifs is 3. The predicted octanol–water partition coefficient (Wildman–Crippen LogP) is 4.94. The molecule has 3 aromatic rings. The Morgan fingerprint density at radius 1 is 1.22 bits per heavy atom. The Balaban J connectivity index is 1.90. The first-order valence-corrected chi connectivity index (χ1v) is 10.3. The highest BCUT2D eigenvalue weighted by atomic mass is 19.4. The van der Waals surface area contributed by atoms with Gasteiger partial charge in [-0.25, -0.2) is 4.98 Å². The molecule has 2 aromatic carbocycles. The molecule has 0 amide bonds. The van der Waals surface area contributed by atoms with E-state index in [1.54, 1.807) is 19.2 Å². The molecular formula is C23H24F3N3O3. The molecule has 170 valence electrons. The van der Waals surface area contributed by atoms with Gasteiger partial charge in [0.05, 0.1) is 12.8 Å². The van der Waals surface area contributed by atoms with Crippen LogP contribution in [0.4, 0.5) is 30.4 Å². The van der Waals surface area contributed by atoms with E-state index in [-0.39, 0.29) is 17.9 Å². The third-order valence-corrected chi connectivity index (χ3v) is 5.45. The summed E-state index contributed by atoms with van der Waals surface area (Å²) in [5.41, 5.74) is 3.80. The van der Waals surface area contributed by atoms with Crippen LogP contribution in [0.5, 0.6) is 11.5 Å². The van der Waals surface area contributed by atoms with Crippen LogP contribution >= 0.6 is 0 Å². The van der Waals surface area contributed by atoms with Crippen molar-refractivity contribution < 1.29 is 27.8 Å². The number of para-hydroxylation sites is 1. The monoisotopic (exact) mass is 447 g/mol. The highest BCUT2D eigenvalue weighted by Gasteiger charge is 2.34. The summed E-state index contributed by atoms with van der Waals surface area (Å²) in [5, 5.41) is 12.9. The number of hydrogen-bond acceptors (Lipinski definition) is 6. The summed E-state index contributed by atoms with van der Waals surface area (Å²) in [6.45, 7) is 3.08. The number of ether oxygens (including phenoxy) is 2. The Morgan fingerprint density at radius 3 is 2.72 bits per heavy atom. The minimum atomic E-state index is -4.83. The molecule has 4 rings (SSSR count). The topological polar surface area (TPSA) is 66.9 Å². The normalized spacial score (nSPS) is 13.4. The van der Waals surface area contributed by atoms with Crippen LogP contribution in [0.3, 0.4) is 0 Å². The lowest BCUT2D eigenvalue weighted by molar-refractivity contribution is -0.274. The number of halogens is 3. The van der Waals surface area contributed by atoms with E-state index in [1.165, 1.54) is 6.07 Å². The molecule has 0 atom stereocenters. The van der Waals surface area contributed by atoms with Gasteiger partial charge in [0.1, 0.15) is 17.1 Å². The first kappa shape index (κ1) is 22.0. The van der Waals surface area contributed by atoms with Gasteiger partial charge in [0.25, 0.3) is 0 Å². The average molecular weight is 447 g/mol. The molecule has 2 N–H and O–H groups in total. The van der Waals surface area contributed by atoms with Crippen LogP contribution in [0.1, 0.15) is 17.5 Å². The number of anilines is 3. The SMILES string of the molecule is COc1ccc(N2CCc3c(NCCCO)nc4c(OC(F)(F)F)cccc4c32)c(C)c1. The number of rotatable bonds is 7. The molecule has 0 aliphatic carbocycles. The fourth-order valence-corrected chi connectivity index (χ4v) is 4.10. The molecule has 0 bridgehead atoms. The minimum absolute atomic E-state index is 0.00236. The van der Waals surface area contributed by atoms with Crippen molar-refractivity contribution in [2.45, 2.75) is 26.1 Å². The zero-order valence-electron chi connectivity index (χ0n) is 17.8. The summed E-state index contributed by atoms with van der Waals surface area (Å²) in [5.74, 6) is 0.895. The number of methoxy groups -OCH3 is 1. The lowest BCUT2D eigenvalue weighted by atomic mass is 10.1. The van der Waals surface area contributed by atoms with Gasteiger partial charge in [-0.05, 0) is 49.6 Å². The van der Waals surface area contributed by atoms with Gasteiger partial charge in [0.15, 0.2) is 5.75 Å². The molecule has 1 aliphatic rings. The molecule has 0 spiro atoms. The molecule has 32 heavy (non-hydrogen) atoms. The van der Waals surface area contributed by atoms with Crippen molar-refractivity contribution in [2.24, 2.45) is 0 Å². The van der Waals surface area contributed by atoms with Crippen LogP contribution in [-0.4, -0.2) is 43.3 Å². The average Bonchev–Trinajstić information content (AvgIpc) is 3.18. The van der Waals surface area contributed by atoms with E-state index in [0.717, 1.165) is 28.3 Å². The fraction of sp³-hybridized carbons (Fsp3) is 0.348. The van der Waals surface area contributed by atoms with Gasteiger partial charge in [0, 0.05) is 36.3 Å². The lowest BCUT2D eigenvalue weighted by Crippen LogP contribution is -2.18. The number of nitrogens with zero attached hydrogens (tertiary/aromatic N) is 2. The van der Waals surface area contributed by atoms with Gasteiger partial charge in [-0.1, -0.05) is 12.1 Å². The van der Waals surface area contributed by atoms with Crippen molar-refractivity contribution in [3.63, 3.8) is 0 Å². The van der Waals surface area contributed by atoms with Gasteiger partial charge in [-0.3, -0.25) is 0 Å². The van der Waals surface area contributed by atoms with Crippen molar-refractivity contribution in [3.8, 4) is 11.5 Å². The maximum atomic E-state index is 13.0. The van der Waals surface area contributed by atoms with Crippen LogP contribution in [0.25, 0.3) is 10.9 Å². The first-order valence-electron chi connectivity index (χ1n) is 10.3. The Morgan fingerprint density at radius 2 is 2.03 bits per heavy atom. The van der Waals surface area contributed by atoms with Crippen molar-refractivity contribution in [2.75, 3.05) is 37.0 Å². The van der Waals surface area contributed by atoms with E-state index >= 15 is 0 Å². The van der Waals surface area contributed by atoms with E-state index < -0.39 is 6.36 Å². The van der Waals surface area contributed by atoms with Crippen LogP contribution in [-0.2, 0) is 6.42 Å². The van der Waals surface area contributed by atoms with Crippen LogP contribution in [0.15, 0.2) is 36.4 Å². The molecule has 6 nitrogen and oxygen atoms in total. The largest absolute Gasteiger partial charge is 0.573 e. The van der Waals surface area contributed by atoms with Gasteiger partial charge in [-0.15, -0.1) is 13.2 Å². The second kappa shape index (κ2) is 8.74. The van der Waals surface area contributed by atoms with Gasteiger partial charge >= 0.3 is 6.36 Å². The maximum absolute atomic E-state index is 13.0. The summed E-state index contributed by atoms with van der Waals surface area (Å²) < 4.78 is 48.7. The molecule has 2 heterocycles. The zero-order chi connectivity index (χ0) is 22.9. The number of aliphatic hydroxyl groups excluding tert-OH is 1. The number of benzene rings is 2. The van der Waals surface area contributed by atoms with Gasteiger partial charge < -0.3 is 24.8 Å². The van der Waals surface area contributed by atoms with Crippen LogP contribution in [0, 0.1) is 6.92 Å². The number of aliphatic hydroxyl groups is 1. The molecule has 1 aromatic heterocycles. The second-order valence-electron chi connectivity index (χ2n) is 7.55. The van der Waals surface area contributed by atoms with Crippen molar-refractivity contribution in [1.29, 1.82) is 0 Å². The lowest BCUT2D eigenvalue weighted by Gasteiger charge is -2.24. The number of alkyl halides is 3. The molecule has 0 saturated carbocycles. The molecule has 1 aliphatic heterocycles. The van der Waals surface area contributed by atoms with Gasteiger partial charge in [-0.2, -0.15) is 0 Å². The Kier molecular flexibility index (Phi) is 6.01. The molecule has 0 saturated heterocycles. The standard InChI is InChI=1S/C23H24F3N3O3/c1-14-13-15(31-2)7-8-18(14)29-11-9-17-21(29)16-5-3-6-19(32-23(24,25)26)20(16)28-22(17)27-10-4-12-30/h3,5-8,13,30H,4,9-12H2,1-2H3,(H,27,28). The van der Waals surface area contributed by atoms with E-state index in [2.05, 4.69) is 19.9 Å². The van der Waals surface area contributed by atoms with Crippen LogP contribution in [0.2, 0.25) is 0 Å². The summed E-state index contributed by atoms with van der Waals surface area (Å²) in [4.78, 5) is 6.62. The first-order chi connectivity index (χ1) is 15.3. The van der Waals surface area contributed by atoms with Crippen molar-refractivity contribution in [3.05, 3.63) is 47.5 Å². The minimum Gasteiger partial charge on any atom is -0.497 e. The number of aryl methyl sites for hydroxylation is 1. The molecule has 0 radical (unpaired) electrons. The highest BCUT2D eigenvalue weighted by Crippen LogP contribution is 2.46. The Labute approximate surface area is 183 Å².